The van der Waals surface area contributed by atoms with Gasteiger partial charge in [-0.05, 0) is 58.7 Å². The molecule has 0 fully saturated rings. The molecule has 0 bridgehead atoms. The first-order chi connectivity index (χ1) is 16.2. The Morgan fingerprint density at radius 3 is 1.33 bits per heavy atom. The molecule has 1 nitrogen and oxygen atoms in total. The molecule has 0 amide bonds. The zero-order valence-corrected chi connectivity index (χ0v) is 18.9. The van der Waals surface area contributed by atoms with E-state index in [-0.39, 0.29) is 0 Å². The van der Waals surface area contributed by atoms with Crippen LogP contribution < -0.4 is 10.9 Å². The number of hydrogen-bond acceptors (Lipinski definition) is 0. The zero-order valence-electron chi connectivity index (χ0n) is 18.9. The third kappa shape index (κ3) is 3.47. The highest BCUT2D eigenvalue weighted by atomic mass is 15.0. The van der Waals surface area contributed by atoms with Gasteiger partial charge in [-0.15, -0.1) is 0 Å². The average molecular weight is 419 g/mol. The molecule has 0 aliphatic rings. The van der Waals surface area contributed by atoms with Crippen LogP contribution in [0.15, 0.2) is 115 Å². The van der Waals surface area contributed by atoms with Gasteiger partial charge in [0.25, 0.3) is 0 Å². The second-order valence-electron chi connectivity index (χ2n) is 8.88. The summed E-state index contributed by atoms with van der Waals surface area (Å²) in [5.41, 5.74) is 11.2. The van der Waals surface area contributed by atoms with E-state index in [4.69, 9.17) is 0 Å². The molecule has 33 heavy (non-hydrogen) atoms. The minimum Gasteiger partial charge on any atom is -0.309 e. The molecule has 1 aromatic heterocycles. The Balaban J connectivity index is 1.68. The highest BCUT2D eigenvalue weighted by Crippen LogP contribution is 2.36. The Labute approximate surface area is 196 Å². The van der Waals surface area contributed by atoms with Gasteiger partial charge in [-0.2, -0.15) is 0 Å². The fourth-order valence-corrected chi connectivity index (χ4v) is 5.00. The summed E-state index contributed by atoms with van der Waals surface area (Å²) in [6.45, 7) is 0. The molecule has 6 aromatic rings. The third-order valence-electron chi connectivity index (χ3n) is 6.44. The van der Waals surface area contributed by atoms with Gasteiger partial charge in [-0.1, -0.05) is 89.8 Å². The minimum absolute atomic E-state index is 1.22. The van der Waals surface area contributed by atoms with Crippen LogP contribution in [-0.4, -0.2) is 20.3 Å². The lowest BCUT2D eigenvalue weighted by Gasteiger charge is -2.11. The number of benzene rings is 5. The monoisotopic (exact) mass is 419 g/mol. The first kappa shape index (κ1) is 19.7. The van der Waals surface area contributed by atoms with Gasteiger partial charge in [0.15, 0.2) is 0 Å². The summed E-state index contributed by atoms with van der Waals surface area (Å²) in [5.74, 6) is 0. The molecule has 0 saturated heterocycles. The normalized spacial score (nSPS) is 11.3. The summed E-state index contributed by atoms with van der Waals surface area (Å²) >= 11 is 0. The van der Waals surface area contributed by atoms with E-state index in [1.165, 1.54) is 60.7 Å². The van der Waals surface area contributed by atoms with Crippen LogP contribution in [0.4, 0.5) is 0 Å². The lowest BCUT2D eigenvalue weighted by atomic mass is 9.87. The van der Waals surface area contributed by atoms with E-state index in [2.05, 4.69) is 136 Å². The molecule has 0 aliphatic heterocycles. The van der Waals surface area contributed by atoms with Crippen molar-refractivity contribution in [2.75, 3.05) is 0 Å². The second-order valence-corrected chi connectivity index (χ2v) is 8.88. The minimum atomic E-state index is 1.22. The van der Waals surface area contributed by atoms with Crippen LogP contribution in [0.2, 0.25) is 0 Å². The van der Waals surface area contributed by atoms with E-state index < -0.39 is 0 Å². The molecular weight excluding hydrogens is 396 g/mol. The van der Waals surface area contributed by atoms with Crippen molar-refractivity contribution in [3.63, 3.8) is 0 Å². The van der Waals surface area contributed by atoms with E-state index in [1.54, 1.807) is 0 Å². The average Bonchev–Trinajstić information content (AvgIpc) is 3.17. The summed E-state index contributed by atoms with van der Waals surface area (Å²) in [7, 11) is 4.34. The second kappa shape index (κ2) is 7.86. The summed E-state index contributed by atoms with van der Waals surface area (Å²) in [6.07, 6.45) is 0. The number of aromatic nitrogens is 1. The van der Waals surface area contributed by atoms with Gasteiger partial charge in [-0.3, -0.25) is 0 Å². The van der Waals surface area contributed by atoms with Gasteiger partial charge in [0, 0.05) is 16.5 Å². The number of nitrogens with zero attached hydrogens (tertiary/aromatic N) is 1. The molecule has 5 aromatic carbocycles. The Hall–Kier alpha value is -3.97. The van der Waals surface area contributed by atoms with Gasteiger partial charge in [0.05, 0.1) is 11.0 Å². The molecule has 0 unspecified atom stereocenters. The van der Waals surface area contributed by atoms with Crippen LogP contribution in [0, 0.1) is 0 Å². The molecule has 0 N–H and O–H groups in total. The molecule has 0 aliphatic carbocycles. The Kier molecular flexibility index (Phi) is 4.69. The molecule has 0 atom stereocenters. The van der Waals surface area contributed by atoms with Crippen LogP contribution >= 0.6 is 0 Å². The van der Waals surface area contributed by atoms with E-state index in [1.807, 2.05) is 0 Å². The van der Waals surface area contributed by atoms with E-state index >= 15 is 0 Å². The molecule has 154 valence electrons. The van der Waals surface area contributed by atoms with Gasteiger partial charge in [0.2, 0.25) is 0 Å². The molecular formula is C30H23B2N. The van der Waals surface area contributed by atoms with Crippen LogP contribution in [0.25, 0.3) is 49.7 Å². The number of rotatable bonds is 3. The van der Waals surface area contributed by atoms with Crippen LogP contribution in [0.3, 0.4) is 0 Å². The summed E-state index contributed by atoms with van der Waals surface area (Å²) in [4.78, 5) is 0. The van der Waals surface area contributed by atoms with Crippen molar-refractivity contribution in [3.8, 4) is 27.9 Å². The van der Waals surface area contributed by atoms with Gasteiger partial charge >= 0.3 is 0 Å². The predicted molar refractivity (Wildman–Crippen MR) is 148 cm³/mol. The highest BCUT2D eigenvalue weighted by molar-refractivity contribution is 6.38. The van der Waals surface area contributed by atoms with Gasteiger partial charge in [-0.25, -0.2) is 0 Å². The Morgan fingerprint density at radius 1 is 0.424 bits per heavy atom. The van der Waals surface area contributed by atoms with E-state index in [0.29, 0.717) is 0 Å². The molecule has 0 radical (unpaired) electrons. The first-order valence-corrected chi connectivity index (χ1v) is 11.5. The fraction of sp³-hybridized carbons (Fsp3) is 0. The molecule has 0 saturated carbocycles. The predicted octanol–water partition coefficient (Wildman–Crippen LogP) is 4.63. The fourth-order valence-electron chi connectivity index (χ4n) is 5.00. The van der Waals surface area contributed by atoms with Crippen molar-refractivity contribution in [2.24, 2.45) is 0 Å². The van der Waals surface area contributed by atoms with Crippen LogP contribution in [0.1, 0.15) is 0 Å². The van der Waals surface area contributed by atoms with Crippen molar-refractivity contribution in [3.05, 3.63) is 115 Å². The van der Waals surface area contributed by atoms with Crippen molar-refractivity contribution < 1.29 is 0 Å². The van der Waals surface area contributed by atoms with Crippen LogP contribution in [-0.2, 0) is 0 Å². The lowest BCUT2D eigenvalue weighted by molar-refractivity contribution is 1.19. The third-order valence-corrected chi connectivity index (χ3v) is 6.44. The summed E-state index contributed by atoms with van der Waals surface area (Å²) < 4.78 is 2.41. The quantitative estimate of drug-likeness (QED) is 0.369. The van der Waals surface area contributed by atoms with Crippen LogP contribution in [0.5, 0.6) is 0 Å². The summed E-state index contributed by atoms with van der Waals surface area (Å²) in [5, 5.41) is 2.56. The topological polar surface area (TPSA) is 4.93 Å². The Bertz CT molecular complexity index is 1500. The Morgan fingerprint density at radius 2 is 0.879 bits per heavy atom. The zero-order chi connectivity index (χ0) is 22.4. The standard InChI is InChI=1S/C30H23B2N/c31-24-17-25(32)19-26(18-24)33-29-13-11-22(20-7-3-1-4-8-20)15-27(29)28-16-23(12-14-30(28)33)21-9-5-2-6-10-21/h1-19H,31-32H2. The molecule has 3 heteroatoms. The maximum absolute atomic E-state index is 2.41. The molecule has 6 rings (SSSR count). The SMILES string of the molecule is Bc1cc(B)cc(-n2c3ccc(-c4ccccc4)cc3c3cc(-c4ccccc4)ccc32)c1. The largest absolute Gasteiger partial charge is 0.309 e. The lowest BCUT2D eigenvalue weighted by Crippen LogP contribution is -2.15. The molecule has 1 heterocycles. The highest BCUT2D eigenvalue weighted by Gasteiger charge is 2.15. The number of fused-ring (bicyclic) bond motifs is 3. The molecule has 0 spiro atoms. The first-order valence-electron chi connectivity index (χ1n) is 11.5. The summed E-state index contributed by atoms with van der Waals surface area (Å²) in [6, 6.07) is 41.8. The van der Waals surface area contributed by atoms with Gasteiger partial charge in [0.1, 0.15) is 15.7 Å². The maximum atomic E-state index is 2.41. The van der Waals surface area contributed by atoms with Crippen molar-refractivity contribution in [2.45, 2.75) is 0 Å². The smallest absolute Gasteiger partial charge is 0.139 e. The number of hydrogen-bond donors (Lipinski definition) is 0. The van der Waals surface area contributed by atoms with E-state index in [0.717, 1.165) is 0 Å². The van der Waals surface area contributed by atoms with Crippen molar-refractivity contribution in [1.82, 2.24) is 4.57 Å². The van der Waals surface area contributed by atoms with Gasteiger partial charge < -0.3 is 4.57 Å². The van der Waals surface area contributed by atoms with E-state index in [9.17, 15) is 0 Å². The maximum Gasteiger partial charge on any atom is 0.139 e. The van der Waals surface area contributed by atoms with Crippen molar-refractivity contribution >= 4 is 48.4 Å². The van der Waals surface area contributed by atoms with Crippen molar-refractivity contribution in [1.29, 1.82) is 0 Å².